The van der Waals surface area contributed by atoms with Crippen LogP contribution in [0, 0.1) is 0 Å². The Bertz CT molecular complexity index is 634. The van der Waals surface area contributed by atoms with Gasteiger partial charge < -0.3 is 14.8 Å². The van der Waals surface area contributed by atoms with Crippen molar-refractivity contribution in [1.82, 2.24) is 9.97 Å². The number of esters is 1. The molecule has 0 amide bonds. The molecule has 0 atom stereocenters. The molecular formula is C10H10N2O4S2. The first-order chi connectivity index (χ1) is 8.60. The molecule has 96 valence electrons. The lowest BCUT2D eigenvalue weighted by atomic mass is 10.4. The zero-order chi connectivity index (χ0) is 13.1. The fourth-order valence-electron chi connectivity index (χ4n) is 1.29. The van der Waals surface area contributed by atoms with Crippen molar-refractivity contribution in [1.29, 1.82) is 0 Å². The number of aromatic nitrogens is 2. The maximum absolute atomic E-state index is 11.2. The highest BCUT2D eigenvalue weighted by molar-refractivity contribution is 8.01. The molecule has 0 radical (unpaired) electrons. The Morgan fingerprint density at radius 2 is 2.44 bits per heavy atom. The molecule has 0 aliphatic heterocycles. The fourth-order valence-corrected chi connectivity index (χ4v) is 3.10. The number of aromatic amines is 1. The Morgan fingerprint density at radius 3 is 3.17 bits per heavy atom. The molecule has 0 unspecified atom stereocenters. The van der Waals surface area contributed by atoms with Crippen molar-refractivity contribution in [2.24, 2.45) is 0 Å². The summed E-state index contributed by atoms with van der Waals surface area (Å²) >= 11 is 2.43. The Morgan fingerprint density at radius 1 is 1.67 bits per heavy atom. The van der Waals surface area contributed by atoms with Gasteiger partial charge in [-0.05, 0) is 6.92 Å². The summed E-state index contributed by atoms with van der Waals surface area (Å²) in [6.07, 6.45) is 0. The second kappa shape index (κ2) is 5.40. The average molecular weight is 286 g/mol. The summed E-state index contributed by atoms with van der Waals surface area (Å²) in [6.45, 7) is 2.08. The van der Waals surface area contributed by atoms with E-state index in [-0.39, 0.29) is 17.5 Å². The highest BCUT2D eigenvalue weighted by Gasteiger charge is 2.11. The number of carbonyl (C=O) groups is 1. The minimum Gasteiger partial charge on any atom is -0.506 e. The van der Waals surface area contributed by atoms with Gasteiger partial charge in [0.15, 0.2) is 9.99 Å². The number of rotatable bonds is 4. The number of ether oxygens (including phenoxy) is 1. The number of thiazole rings is 1. The number of carbonyl (C=O) groups excluding carboxylic acids is 1. The van der Waals surface area contributed by atoms with Crippen LogP contribution in [0.5, 0.6) is 5.75 Å². The van der Waals surface area contributed by atoms with Crippen molar-refractivity contribution in [2.45, 2.75) is 11.3 Å². The van der Waals surface area contributed by atoms with Crippen molar-refractivity contribution in [2.75, 3.05) is 12.4 Å². The van der Waals surface area contributed by atoms with Crippen molar-refractivity contribution in [3.8, 4) is 5.75 Å². The van der Waals surface area contributed by atoms with Gasteiger partial charge >= 0.3 is 5.97 Å². The zero-order valence-electron chi connectivity index (χ0n) is 9.43. The molecule has 2 aromatic heterocycles. The Kier molecular flexibility index (Phi) is 3.87. The van der Waals surface area contributed by atoms with E-state index in [4.69, 9.17) is 4.74 Å². The maximum Gasteiger partial charge on any atom is 0.316 e. The summed E-state index contributed by atoms with van der Waals surface area (Å²) in [5, 5.41) is 9.58. The van der Waals surface area contributed by atoms with E-state index in [1.165, 1.54) is 23.1 Å². The Labute approximate surface area is 110 Å². The van der Waals surface area contributed by atoms with Crippen molar-refractivity contribution in [3.05, 3.63) is 16.4 Å². The van der Waals surface area contributed by atoms with Crippen LogP contribution in [0.3, 0.4) is 0 Å². The van der Waals surface area contributed by atoms with Crippen LogP contribution in [0.4, 0.5) is 0 Å². The summed E-state index contributed by atoms with van der Waals surface area (Å²) in [7, 11) is 0. The van der Waals surface area contributed by atoms with E-state index in [9.17, 15) is 14.7 Å². The lowest BCUT2D eigenvalue weighted by Crippen LogP contribution is -2.06. The van der Waals surface area contributed by atoms with E-state index in [1.807, 2.05) is 0 Å². The average Bonchev–Trinajstić information content (AvgIpc) is 2.70. The molecule has 2 rings (SSSR count). The van der Waals surface area contributed by atoms with Gasteiger partial charge in [-0.15, -0.1) is 11.3 Å². The topological polar surface area (TPSA) is 92.3 Å². The SMILES string of the molecule is CCOC(=O)CSc1nc2[nH]c(=O)cc(O)c2s1. The first kappa shape index (κ1) is 12.9. The maximum atomic E-state index is 11.2. The van der Waals surface area contributed by atoms with Crippen LogP contribution in [0.15, 0.2) is 15.2 Å². The first-order valence-corrected chi connectivity index (χ1v) is 6.91. The fraction of sp³-hybridized carbons (Fsp3) is 0.300. The molecule has 8 heteroatoms. The lowest BCUT2D eigenvalue weighted by Gasteiger charge is -1.98. The molecule has 0 spiro atoms. The number of nitrogens with zero attached hydrogens (tertiary/aromatic N) is 1. The van der Waals surface area contributed by atoms with Gasteiger partial charge in [0.1, 0.15) is 10.4 Å². The van der Waals surface area contributed by atoms with E-state index in [0.29, 0.717) is 21.3 Å². The van der Waals surface area contributed by atoms with E-state index >= 15 is 0 Å². The van der Waals surface area contributed by atoms with Gasteiger partial charge in [-0.2, -0.15) is 0 Å². The van der Waals surface area contributed by atoms with E-state index in [0.717, 1.165) is 6.07 Å². The predicted octanol–water partition coefficient (Wildman–Crippen LogP) is 1.35. The summed E-state index contributed by atoms with van der Waals surface area (Å²) in [5.74, 6) is -0.271. The molecule has 2 aromatic rings. The third-order valence-electron chi connectivity index (χ3n) is 1.97. The number of nitrogens with one attached hydrogen (secondary N) is 1. The van der Waals surface area contributed by atoms with Gasteiger partial charge in [0, 0.05) is 6.07 Å². The molecular weight excluding hydrogens is 276 g/mol. The molecule has 0 bridgehead atoms. The van der Waals surface area contributed by atoms with Crippen LogP contribution in [-0.2, 0) is 9.53 Å². The molecule has 2 N–H and O–H groups in total. The first-order valence-electron chi connectivity index (χ1n) is 5.11. The minimum atomic E-state index is -0.410. The normalized spacial score (nSPS) is 10.7. The standard InChI is InChI=1S/C10H10N2O4S2/c1-2-16-7(15)4-17-10-12-9-8(18-10)5(13)3-6(14)11-9/h3H,2,4H2,1H3,(H2,11,13,14). The number of H-pyrrole nitrogens is 1. The number of pyridine rings is 1. The lowest BCUT2D eigenvalue weighted by molar-refractivity contribution is -0.139. The van der Waals surface area contributed by atoms with Crippen LogP contribution in [0.1, 0.15) is 6.92 Å². The van der Waals surface area contributed by atoms with Crippen LogP contribution < -0.4 is 5.56 Å². The van der Waals surface area contributed by atoms with Gasteiger partial charge in [-0.3, -0.25) is 9.59 Å². The smallest absolute Gasteiger partial charge is 0.316 e. The molecule has 0 aromatic carbocycles. The van der Waals surface area contributed by atoms with Gasteiger partial charge in [-0.25, -0.2) is 4.98 Å². The highest BCUT2D eigenvalue weighted by Crippen LogP contribution is 2.32. The van der Waals surface area contributed by atoms with Crippen molar-refractivity contribution in [3.63, 3.8) is 0 Å². The van der Waals surface area contributed by atoms with Crippen molar-refractivity contribution < 1.29 is 14.6 Å². The monoisotopic (exact) mass is 286 g/mol. The predicted molar refractivity (Wildman–Crippen MR) is 69.3 cm³/mol. The molecule has 0 fully saturated rings. The second-order valence-corrected chi connectivity index (χ2v) is 5.49. The van der Waals surface area contributed by atoms with E-state index < -0.39 is 5.56 Å². The van der Waals surface area contributed by atoms with Gasteiger partial charge in [0.05, 0.1) is 12.4 Å². The van der Waals surface area contributed by atoms with Gasteiger partial charge in [-0.1, -0.05) is 11.8 Å². The van der Waals surface area contributed by atoms with Gasteiger partial charge in [0.2, 0.25) is 0 Å². The molecule has 0 saturated heterocycles. The van der Waals surface area contributed by atoms with Crippen LogP contribution in [0.25, 0.3) is 10.3 Å². The van der Waals surface area contributed by atoms with E-state index in [1.54, 1.807) is 6.92 Å². The second-order valence-electron chi connectivity index (χ2n) is 3.27. The summed E-state index contributed by atoms with van der Waals surface area (Å²) in [6, 6.07) is 1.10. The number of hydrogen-bond donors (Lipinski definition) is 2. The summed E-state index contributed by atoms with van der Waals surface area (Å²) in [5.41, 5.74) is -0.0800. The third-order valence-corrected chi connectivity index (χ3v) is 4.16. The molecule has 0 saturated carbocycles. The number of fused-ring (bicyclic) bond motifs is 1. The quantitative estimate of drug-likeness (QED) is 0.651. The van der Waals surface area contributed by atoms with Crippen LogP contribution >= 0.6 is 23.1 Å². The number of aromatic hydroxyl groups is 1. The Hall–Kier alpha value is -1.54. The zero-order valence-corrected chi connectivity index (χ0v) is 11.1. The molecule has 2 heterocycles. The largest absolute Gasteiger partial charge is 0.506 e. The highest BCUT2D eigenvalue weighted by atomic mass is 32.2. The number of thioether (sulfide) groups is 1. The van der Waals surface area contributed by atoms with E-state index in [2.05, 4.69) is 9.97 Å². The minimum absolute atomic E-state index is 0.103. The molecule has 0 aliphatic rings. The summed E-state index contributed by atoms with van der Waals surface area (Å²) in [4.78, 5) is 29.0. The van der Waals surface area contributed by atoms with Crippen molar-refractivity contribution >= 4 is 39.4 Å². The molecule has 6 nitrogen and oxygen atoms in total. The van der Waals surface area contributed by atoms with Crippen LogP contribution in [0.2, 0.25) is 0 Å². The van der Waals surface area contributed by atoms with Gasteiger partial charge in [0.25, 0.3) is 5.56 Å². The molecule has 18 heavy (non-hydrogen) atoms. The number of hydrogen-bond acceptors (Lipinski definition) is 7. The van der Waals surface area contributed by atoms with Crippen LogP contribution in [-0.4, -0.2) is 33.4 Å². The summed E-state index contributed by atoms with van der Waals surface area (Å²) < 4.78 is 5.88. The Balaban J connectivity index is 2.18. The third kappa shape index (κ3) is 2.82. The molecule has 0 aliphatic carbocycles.